The third-order valence-corrected chi connectivity index (χ3v) is 5.07. The van der Waals surface area contributed by atoms with Gasteiger partial charge in [-0.3, -0.25) is 4.79 Å². The summed E-state index contributed by atoms with van der Waals surface area (Å²) in [5, 5.41) is 6.72. The first-order chi connectivity index (χ1) is 9.72. The van der Waals surface area contributed by atoms with Gasteiger partial charge in [-0.1, -0.05) is 43.7 Å². The molecule has 1 saturated carbocycles. The average Bonchev–Trinajstić information content (AvgIpc) is 2.41. The lowest BCUT2D eigenvalue weighted by molar-refractivity contribution is -0.131. The second kappa shape index (κ2) is 5.57. The monoisotopic (exact) mass is 272 g/mol. The van der Waals surface area contributed by atoms with Gasteiger partial charge in [0.1, 0.15) is 0 Å². The van der Waals surface area contributed by atoms with Crippen molar-refractivity contribution >= 4 is 5.91 Å². The second-order valence-electron chi connectivity index (χ2n) is 6.35. The van der Waals surface area contributed by atoms with E-state index in [0.717, 1.165) is 38.8 Å². The normalized spacial score (nSPS) is 28.4. The second-order valence-corrected chi connectivity index (χ2v) is 6.35. The van der Waals surface area contributed by atoms with Crippen molar-refractivity contribution in [2.45, 2.75) is 44.1 Å². The van der Waals surface area contributed by atoms with Gasteiger partial charge in [-0.15, -0.1) is 0 Å². The van der Waals surface area contributed by atoms with Crippen LogP contribution in [0.2, 0.25) is 0 Å². The van der Waals surface area contributed by atoms with Gasteiger partial charge in [-0.25, -0.2) is 0 Å². The lowest BCUT2D eigenvalue weighted by Gasteiger charge is -2.43. The summed E-state index contributed by atoms with van der Waals surface area (Å²) in [5.41, 5.74) is 0.927. The highest BCUT2D eigenvalue weighted by Crippen LogP contribution is 2.44. The lowest BCUT2D eigenvalue weighted by Crippen LogP contribution is -2.56. The van der Waals surface area contributed by atoms with E-state index in [4.69, 9.17) is 0 Å². The Labute approximate surface area is 121 Å². The zero-order chi connectivity index (χ0) is 14.0. The molecule has 0 radical (unpaired) electrons. The zero-order valence-electron chi connectivity index (χ0n) is 12.2. The molecule has 0 bridgehead atoms. The van der Waals surface area contributed by atoms with Crippen LogP contribution in [0.5, 0.6) is 0 Å². The molecule has 1 aliphatic carbocycles. The Morgan fingerprint density at radius 3 is 2.65 bits per heavy atom. The molecular formula is C17H24N2O. The molecule has 2 unspecified atom stereocenters. The first kappa shape index (κ1) is 13.6. The molecule has 1 aromatic carbocycles. The summed E-state index contributed by atoms with van der Waals surface area (Å²) in [6.07, 6.45) is 4.17. The Kier molecular flexibility index (Phi) is 3.79. The third kappa shape index (κ3) is 2.35. The molecule has 1 saturated heterocycles. The minimum Gasteiger partial charge on any atom is -0.352 e. The summed E-state index contributed by atoms with van der Waals surface area (Å²) >= 11 is 0. The van der Waals surface area contributed by atoms with E-state index in [1.807, 2.05) is 18.2 Å². The summed E-state index contributed by atoms with van der Waals surface area (Å²) in [7, 11) is 0. The van der Waals surface area contributed by atoms with Crippen molar-refractivity contribution in [2.24, 2.45) is 5.92 Å². The van der Waals surface area contributed by atoms with Crippen molar-refractivity contribution in [3.05, 3.63) is 35.9 Å². The van der Waals surface area contributed by atoms with Crippen LogP contribution < -0.4 is 10.6 Å². The predicted octanol–water partition coefficient (Wildman–Crippen LogP) is 2.22. The Bertz CT molecular complexity index is 467. The van der Waals surface area contributed by atoms with Gasteiger partial charge in [-0.05, 0) is 43.8 Å². The molecule has 2 aliphatic rings. The Hall–Kier alpha value is -1.35. The van der Waals surface area contributed by atoms with Gasteiger partial charge in [-0.2, -0.15) is 0 Å². The van der Waals surface area contributed by atoms with Gasteiger partial charge < -0.3 is 10.6 Å². The summed E-state index contributed by atoms with van der Waals surface area (Å²) in [5.74, 6) is 0.759. The molecule has 2 fully saturated rings. The number of benzene rings is 1. The van der Waals surface area contributed by atoms with Crippen LogP contribution in [-0.4, -0.2) is 25.0 Å². The molecule has 2 atom stereocenters. The van der Waals surface area contributed by atoms with Gasteiger partial charge in [0.15, 0.2) is 0 Å². The van der Waals surface area contributed by atoms with E-state index < -0.39 is 0 Å². The number of piperidine rings is 1. The van der Waals surface area contributed by atoms with Gasteiger partial charge >= 0.3 is 0 Å². The highest BCUT2D eigenvalue weighted by atomic mass is 16.2. The van der Waals surface area contributed by atoms with E-state index in [9.17, 15) is 4.79 Å². The van der Waals surface area contributed by atoms with Crippen molar-refractivity contribution in [3.8, 4) is 0 Å². The van der Waals surface area contributed by atoms with Gasteiger partial charge in [0.2, 0.25) is 5.91 Å². The smallest absolute Gasteiger partial charge is 0.230 e. The topological polar surface area (TPSA) is 41.1 Å². The van der Waals surface area contributed by atoms with Gasteiger partial charge in [0.25, 0.3) is 0 Å². The molecule has 3 rings (SSSR count). The van der Waals surface area contributed by atoms with E-state index in [1.54, 1.807) is 0 Å². The number of carbonyl (C=O) groups excluding carboxylic acids is 1. The Morgan fingerprint density at radius 2 is 2.05 bits per heavy atom. The van der Waals surface area contributed by atoms with Crippen molar-refractivity contribution in [1.29, 1.82) is 0 Å². The summed E-state index contributed by atoms with van der Waals surface area (Å²) in [6.45, 7) is 4.23. The number of carbonyl (C=O) groups is 1. The molecule has 20 heavy (non-hydrogen) atoms. The van der Waals surface area contributed by atoms with E-state index in [-0.39, 0.29) is 11.3 Å². The van der Waals surface area contributed by atoms with Crippen LogP contribution in [0.3, 0.4) is 0 Å². The highest BCUT2D eigenvalue weighted by Gasteiger charge is 2.46. The lowest BCUT2D eigenvalue weighted by atomic mass is 9.63. The minimum atomic E-state index is -0.258. The third-order valence-electron chi connectivity index (χ3n) is 5.07. The van der Waals surface area contributed by atoms with Crippen LogP contribution in [0.4, 0.5) is 0 Å². The largest absolute Gasteiger partial charge is 0.352 e. The first-order valence-electron chi connectivity index (χ1n) is 7.79. The molecular weight excluding hydrogens is 248 g/mol. The van der Waals surface area contributed by atoms with Crippen LogP contribution in [-0.2, 0) is 10.2 Å². The number of nitrogens with one attached hydrogen (secondary N) is 2. The van der Waals surface area contributed by atoms with E-state index >= 15 is 0 Å². The van der Waals surface area contributed by atoms with Crippen molar-refractivity contribution in [3.63, 3.8) is 0 Å². The quantitative estimate of drug-likeness (QED) is 0.886. The number of rotatable bonds is 3. The SMILES string of the molecule is CC1CNCCC1NC(=O)C1(c2ccccc2)CCC1. The molecule has 0 aromatic heterocycles. The predicted molar refractivity (Wildman–Crippen MR) is 80.6 cm³/mol. The summed E-state index contributed by atoms with van der Waals surface area (Å²) in [4.78, 5) is 12.8. The van der Waals surface area contributed by atoms with E-state index in [0.29, 0.717) is 12.0 Å². The maximum absolute atomic E-state index is 12.8. The van der Waals surface area contributed by atoms with Crippen molar-refractivity contribution in [2.75, 3.05) is 13.1 Å². The summed E-state index contributed by atoms with van der Waals surface area (Å²) < 4.78 is 0. The van der Waals surface area contributed by atoms with Crippen LogP contribution in [0.25, 0.3) is 0 Å². The van der Waals surface area contributed by atoms with Crippen LogP contribution in [0, 0.1) is 5.92 Å². The molecule has 2 N–H and O–H groups in total. The van der Waals surface area contributed by atoms with Gasteiger partial charge in [0, 0.05) is 6.04 Å². The number of hydrogen-bond donors (Lipinski definition) is 2. The average molecular weight is 272 g/mol. The minimum absolute atomic E-state index is 0.244. The fraction of sp³-hybridized carbons (Fsp3) is 0.588. The molecule has 1 aromatic rings. The Morgan fingerprint density at radius 1 is 1.30 bits per heavy atom. The molecule has 1 aliphatic heterocycles. The van der Waals surface area contributed by atoms with Crippen LogP contribution >= 0.6 is 0 Å². The molecule has 3 nitrogen and oxygen atoms in total. The highest BCUT2D eigenvalue weighted by molar-refractivity contribution is 5.89. The fourth-order valence-corrected chi connectivity index (χ4v) is 3.47. The first-order valence-corrected chi connectivity index (χ1v) is 7.79. The maximum atomic E-state index is 12.8. The molecule has 108 valence electrons. The molecule has 1 heterocycles. The van der Waals surface area contributed by atoms with E-state index in [2.05, 4.69) is 29.7 Å². The van der Waals surface area contributed by atoms with Crippen LogP contribution in [0.1, 0.15) is 38.2 Å². The standard InChI is InChI=1S/C17H24N2O/c1-13-12-18-11-8-15(13)19-16(20)17(9-5-10-17)14-6-3-2-4-7-14/h2-4,6-7,13,15,18H,5,8-12H2,1H3,(H,19,20). The fourth-order valence-electron chi connectivity index (χ4n) is 3.47. The van der Waals surface area contributed by atoms with Gasteiger partial charge in [0.05, 0.1) is 5.41 Å². The van der Waals surface area contributed by atoms with E-state index in [1.165, 1.54) is 5.56 Å². The number of amides is 1. The number of hydrogen-bond acceptors (Lipinski definition) is 2. The Balaban J connectivity index is 1.74. The molecule has 3 heteroatoms. The van der Waals surface area contributed by atoms with Crippen molar-refractivity contribution < 1.29 is 4.79 Å². The summed E-state index contributed by atoms with van der Waals surface area (Å²) in [6, 6.07) is 10.6. The van der Waals surface area contributed by atoms with Crippen molar-refractivity contribution in [1.82, 2.24) is 10.6 Å². The zero-order valence-corrected chi connectivity index (χ0v) is 12.2. The molecule has 1 amide bonds. The van der Waals surface area contributed by atoms with Crippen LogP contribution in [0.15, 0.2) is 30.3 Å². The molecule has 0 spiro atoms. The maximum Gasteiger partial charge on any atom is 0.230 e.